The first kappa shape index (κ1) is 17.6. The molecule has 7 heteroatoms. The van der Waals surface area contributed by atoms with Crippen LogP contribution in [0.25, 0.3) is 11.3 Å². The van der Waals surface area contributed by atoms with Gasteiger partial charge < -0.3 is 15.0 Å². The third-order valence-corrected chi connectivity index (χ3v) is 4.98. The van der Waals surface area contributed by atoms with Gasteiger partial charge in [0.25, 0.3) is 5.91 Å². The lowest BCUT2D eigenvalue weighted by Crippen LogP contribution is -2.36. The van der Waals surface area contributed by atoms with Crippen molar-refractivity contribution >= 4 is 28.6 Å². The number of ether oxygens (including phenoxy) is 1. The van der Waals surface area contributed by atoms with Gasteiger partial charge in [-0.1, -0.05) is 0 Å². The number of carbonyl (C=O) groups excluding carboxylic acids is 1. The van der Waals surface area contributed by atoms with Gasteiger partial charge in [-0.25, -0.2) is 9.37 Å². The Morgan fingerprint density at radius 2 is 1.93 bits per heavy atom. The second-order valence-corrected chi connectivity index (χ2v) is 6.92. The molecule has 1 aromatic heterocycles. The second kappa shape index (κ2) is 7.85. The average molecular weight is 383 g/mol. The number of hydrogen-bond acceptors (Lipinski definition) is 5. The lowest BCUT2D eigenvalue weighted by Gasteiger charge is -2.28. The summed E-state index contributed by atoms with van der Waals surface area (Å²) >= 11 is 1.42. The van der Waals surface area contributed by atoms with Gasteiger partial charge in [0, 0.05) is 41.0 Å². The van der Waals surface area contributed by atoms with Crippen LogP contribution in [-0.2, 0) is 4.74 Å². The Kier molecular flexibility index (Phi) is 5.13. The van der Waals surface area contributed by atoms with Crippen LogP contribution in [0.1, 0.15) is 10.4 Å². The Balaban J connectivity index is 1.49. The number of nitrogens with one attached hydrogen (secondary N) is 1. The van der Waals surface area contributed by atoms with E-state index in [0.717, 1.165) is 32.0 Å². The van der Waals surface area contributed by atoms with E-state index in [1.807, 2.05) is 29.6 Å². The highest BCUT2D eigenvalue weighted by molar-refractivity contribution is 7.07. The molecular formula is C20H18FN3O2S. The summed E-state index contributed by atoms with van der Waals surface area (Å²) in [7, 11) is 0. The van der Waals surface area contributed by atoms with E-state index in [1.54, 1.807) is 11.6 Å². The Labute approximate surface area is 160 Å². The molecule has 138 valence electrons. The van der Waals surface area contributed by atoms with Crippen LogP contribution in [0.4, 0.5) is 15.8 Å². The maximum Gasteiger partial charge on any atom is 0.255 e. The molecule has 1 aliphatic heterocycles. The molecule has 0 unspecified atom stereocenters. The quantitative estimate of drug-likeness (QED) is 0.739. The van der Waals surface area contributed by atoms with Crippen molar-refractivity contribution in [1.29, 1.82) is 0 Å². The number of nitrogens with zero attached hydrogens (tertiary/aromatic N) is 2. The van der Waals surface area contributed by atoms with Crippen LogP contribution in [0, 0.1) is 5.82 Å². The molecule has 1 amide bonds. The standard InChI is InChI=1S/C20H18FN3O2S/c21-16-10-14(19-12-27-13-22-19)9-15(11-16)20(25)23-17-1-3-18(4-2-17)24-5-7-26-8-6-24/h1-4,9-13H,5-8H2,(H,23,25). The molecule has 1 fully saturated rings. The zero-order valence-electron chi connectivity index (χ0n) is 14.5. The number of thiazole rings is 1. The van der Waals surface area contributed by atoms with Gasteiger partial charge in [-0.2, -0.15) is 0 Å². The molecule has 0 aliphatic carbocycles. The van der Waals surface area contributed by atoms with Crippen LogP contribution < -0.4 is 10.2 Å². The number of anilines is 2. The van der Waals surface area contributed by atoms with E-state index >= 15 is 0 Å². The first-order valence-corrected chi connectivity index (χ1v) is 9.56. The van der Waals surface area contributed by atoms with E-state index in [4.69, 9.17) is 4.74 Å². The molecule has 1 saturated heterocycles. The molecule has 5 nitrogen and oxygen atoms in total. The first-order valence-electron chi connectivity index (χ1n) is 8.62. The zero-order valence-corrected chi connectivity index (χ0v) is 15.3. The predicted molar refractivity (Wildman–Crippen MR) is 105 cm³/mol. The molecule has 0 atom stereocenters. The molecule has 0 spiro atoms. The maximum absolute atomic E-state index is 14.0. The summed E-state index contributed by atoms with van der Waals surface area (Å²) in [6.45, 7) is 3.15. The summed E-state index contributed by atoms with van der Waals surface area (Å²) in [6, 6.07) is 11.9. The topological polar surface area (TPSA) is 54.5 Å². The Morgan fingerprint density at radius 3 is 2.63 bits per heavy atom. The fourth-order valence-electron chi connectivity index (χ4n) is 3.00. The summed E-state index contributed by atoms with van der Waals surface area (Å²) in [4.78, 5) is 19.0. The van der Waals surface area contributed by atoms with Gasteiger partial charge >= 0.3 is 0 Å². The zero-order chi connectivity index (χ0) is 18.6. The molecule has 27 heavy (non-hydrogen) atoms. The van der Waals surface area contributed by atoms with Crippen molar-refractivity contribution in [3.8, 4) is 11.3 Å². The van der Waals surface area contributed by atoms with E-state index in [9.17, 15) is 9.18 Å². The van der Waals surface area contributed by atoms with Gasteiger partial charge in [0.2, 0.25) is 0 Å². The Bertz CT molecular complexity index is 923. The Hall–Kier alpha value is -2.77. The highest BCUT2D eigenvalue weighted by atomic mass is 32.1. The van der Waals surface area contributed by atoms with Crippen LogP contribution in [0.15, 0.2) is 53.4 Å². The van der Waals surface area contributed by atoms with Crippen molar-refractivity contribution in [1.82, 2.24) is 4.98 Å². The minimum absolute atomic E-state index is 0.259. The molecule has 2 aromatic carbocycles. The smallest absolute Gasteiger partial charge is 0.255 e. The summed E-state index contributed by atoms with van der Waals surface area (Å²) in [5.74, 6) is -0.821. The van der Waals surface area contributed by atoms with Crippen LogP contribution in [0.5, 0.6) is 0 Å². The first-order chi connectivity index (χ1) is 13.2. The second-order valence-electron chi connectivity index (χ2n) is 6.20. The van der Waals surface area contributed by atoms with Crippen molar-refractivity contribution in [2.75, 3.05) is 36.5 Å². The summed E-state index contributed by atoms with van der Waals surface area (Å²) in [5.41, 5.74) is 4.93. The van der Waals surface area contributed by atoms with Crippen molar-refractivity contribution in [2.24, 2.45) is 0 Å². The monoisotopic (exact) mass is 383 g/mol. The lowest BCUT2D eigenvalue weighted by atomic mass is 10.1. The molecule has 4 rings (SSSR count). The van der Waals surface area contributed by atoms with Gasteiger partial charge in [-0.05, 0) is 42.5 Å². The lowest BCUT2D eigenvalue weighted by molar-refractivity contribution is 0.102. The molecule has 2 heterocycles. The normalized spacial score (nSPS) is 14.2. The van der Waals surface area contributed by atoms with Gasteiger partial charge in [0.05, 0.1) is 24.4 Å². The number of rotatable bonds is 4. The highest BCUT2D eigenvalue weighted by Gasteiger charge is 2.13. The van der Waals surface area contributed by atoms with Crippen LogP contribution in [-0.4, -0.2) is 37.2 Å². The third kappa shape index (κ3) is 4.15. The van der Waals surface area contributed by atoms with Gasteiger partial charge in [0.1, 0.15) is 5.82 Å². The van der Waals surface area contributed by atoms with Crippen LogP contribution in [0.3, 0.4) is 0 Å². The predicted octanol–water partition coefficient (Wildman–Crippen LogP) is 4.04. The SMILES string of the molecule is O=C(Nc1ccc(N2CCOCC2)cc1)c1cc(F)cc(-c2cscn2)c1. The number of amides is 1. The van der Waals surface area contributed by atoms with Gasteiger partial charge in [-0.15, -0.1) is 11.3 Å². The summed E-state index contributed by atoms with van der Waals surface area (Å²) in [5, 5.41) is 4.64. The van der Waals surface area contributed by atoms with Gasteiger partial charge in [-0.3, -0.25) is 4.79 Å². The molecule has 3 aromatic rings. The van der Waals surface area contributed by atoms with Crippen molar-refractivity contribution < 1.29 is 13.9 Å². The van der Waals surface area contributed by atoms with E-state index in [0.29, 0.717) is 16.9 Å². The van der Waals surface area contributed by atoms with Crippen molar-refractivity contribution in [3.05, 3.63) is 64.7 Å². The largest absolute Gasteiger partial charge is 0.378 e. The number of hydrogen-bond donors (Lipinski definition) is 1. The maximum atomic E-state index is 14.0. The minimum Gasteiger partial charge on any atom is -0.378 e. The Morgan fingerprint density at radius 1 is 1.15 bits per heavy atom. The number of carbonyl (C=O) groups is 1. The number of halogens is 1. The van der Waals surface area contributed by atoms with Gasteiger partial charge in [0.15, 0.2) is 0 Å². The highest BCUT2D eigenvalue weighted by Crippen LogP contribution is 2.23. The summed E-state index contributed by atoms with van der Waals surface area (Å²) < 4.78 is 19.3. The molecule has 0 bridgehead atoms. The van der Waals surface area contributed by atoms with Crippen LogP contribution in [0.2, 0.25) is 0 Å². The molecular weight excluding hydrogens is 365 g/mol. The van der Waals surface area contributed by atoms with Crippen LogP contribution >= 0.6 is 11.3 Å². The molecule has 0 saturated carbocycles. The number of benzene rings is 2. The third-order valence-electron chi connectivity index (χ3n) is 4.39. The van der Waals surface area contributed by atoms with E-state index < -0.39 is 5.82 Å². The molecule has 1 N–H and O–H groups in total. The van der Waals surface area contributed by atoms with E-state index in [1.165, 1.54) is 23.5 Å². The average Bonchev–Trinajstić information content (AvgIpc) is 3.24. The van der Waals surface area contributed by atoms with Crippen molar-refractivity contribution in [3.63, 3.8) is 0 Å². The van der Waals surface area contributed by atoms with E-state index in [-0.39, 0.29) is 11.5 Å². The summed E-state index contributed by atoms with van der Waals surface area (Å²) in [6.07, 6.45) is 0. The van der Waals surface area contributed by atoms with E-state index in [2.05, 4.69) is 15.2 Å². The fraction of sp³-hybridized carbons (Fsp3) is 0.200. The molecule has 0 radical (unpaired) electrons. The fourth-order valence-corrected chi connectivity index (χ4v) is 3.57. The van der Waals surface area contributed by atoms with Crippen molar-refractivity contribution in [2.45, 2.75) is 0 Å². The number of aromatic nitrogens is 1. The molecule has 1 aliphatic rings. The minimum atomic E-state index is -0.465. The number of morpholine rings is 1.